The summed E-state index contributed by atoms with van der Waals surface area (Å²) in [6.07, 6.45) is 1.82. The zero-order valence-electron chi connectivity index (χ0n) is 20.3. The molecule has 0 bridgehead atoms. The number of hydrogen-bond acceptors (Lipinski definition) is 5. The summed E-state index contributed by atoms with van der Waals surface area (Å²) in [6, 6.07) is 12.4. The van der Waals surface area contributed by atoms with Crippen LogP contribution in [-0.4, -0.2) is 65.9 Å². The summed E-state index contributed by atoms with van der Waals surface area (Å²) in [5, 5.41) is 12.3. The minimum absolute atomic E-state index is 0.105. The van der Waals surface area contributed by atoms with Gasteiger partial charge in [0.2, 0.25) is 0 Å². The number of likely N-dealkylation sites (tertiary alicyclic amines) is 1. The largest absolute Gasteiger partial charge is 0.507 e. The zero-order valence-corrected chi connectivity index (χ0v) is 20.3. The standard InChI is InChI=1S/C27H31N3O4/c1-16(2)19-14-17(10-11-22(19)34-5)25(31)23-24(20-15-28-21-9-7-6-8-18(20)21)30(13-12-29(3)4)27(33)26(23)32/h6-11,14-16,24,28,31H,12-13H2,1-5H3/b25-23+. The fourth-order valence-corrected chi connectivity index (χ4v) is 4.55. The van der Waals surface area contributed by atoms with Crippen molar-refractivity contribution < 1.29 is 19.4 Å². The smallest absolute Gasteiger partial charge is 0.295 e. The van der Waals surface area contributed by atoms with Crippen molar-refractivity contribution in [3.05, 3.63) is 70.9 Å². The fraction of sp³-hybridized carbons (Fsp3) is 0.333. The van der Waals surface area contributed by atoms with Crippen LogP contribution in [0.3, 0.4) is 0 Å². The van der Waals surface area contributed by atoms with E-state index in [-0.39, 0.29) is 17.3 Å². The van der Waals surface area contributed by atoms with Crippen LogP contribution >= 0.6 is 0 Å². The van der Waals surface area contributed by atoms with Gasteiger partial charge in [0.1, 0.15) is 11.5 Å². The number of amides is 1. The van der Waals surface area contributed by atoms with E-state index < -0.39 is 17.7 Å². The molecule has 3 aromatic rings. The number of benzene rings is 2. The Morgan fingerprint density at radius 1 is 1.18 bits per heavy atom. The van der Waals surface area contributed by atoms with Crippen LogP contribution in [0.5, 0.6) is 5.75 Å². The second kappa shape index (κ2) is 9.35. The van der Waals surface area contributed by atoms with E-state index in [0.717, 1.165) is 22.0 Å². The molecule has 1 fully saturated rings. The quantitative estimate of drug-likeness (QED) is 0.312. The van der Waals surface area contributed by atoms with E-state index in [9.17, 15) is 14.7 Å². The van der Waals surface area contributed by atoms with Crippen molar-refractivity contribution >= 4 is 28.4 Å². The van der Waals surface area contributed by atoms with Gasteiger partial charge in [-0.2, -0.15) is 0 Å². The molecule has 34 heavy (non-hydrogen) atoms. The van der Waals surface area contributed by atoms with E-state index in [1.165, 1.54) is 0 Å². The normalized spacial score (nSPS) is 18.0. The Hall–Kier alpha value is -3.58. The number of aliphatic hydroxyl groups excluding tert-OH is 1. The third kappa shape index (κ3) is 4.07. The predicted molar refractivity (Wildman–Crippen MR) is 133 cm³/mol. The van der Waals surface area contributed by atoms with Crippen LogP contribution in [0.25, 0.3) is 16.7 Å². The molecular formula is C27H31N3O4. The highest BCUT2D eigenvalue weighted by molar-refractivity contribution is 6.46. The van der Waals surface area contributed by atoms with Crippen LogP contribution in [0.1, 0.15) is 42.5 Å². The average molecular weight is 462 g/mol. The Balaban J connectivity index is 1.91. The molecule has 1 amide bonds. The molecule has 4 rings (SSSR count). The van der Waals surface area contributed by atoms with Gasteiger partial charge < -0.3 is 24.6 Å². The fourth-order valence-electron chi connectivity index (χ4n) is 4.55. The maximum Gasteiger partial charge on any atom is 0.295 e. The number of aliphatic hydroxyl groups is 1. The third-order valence-electron chi connectivity index (χ3n) is 6.37. The van der Waals surface area contributed by atoms with Crippen LogP contribution < -0.4 is 4.74 Å². The Morgan fingerprint density at radius 2 is 1.91 bits per heavy atom. The van der Waals surface area contributed by atoms with Crippen LogP contribution in [0.15, 0.2) is 54.2 Å². The van der Waals surface area contributed by atoms with Gasteiger partial charge in [-0.25, -0.2) is 0 Å². The lowest BCUT2D eigenvalue weighted by molar-refractivity contribution is -0.140. The van der Waals surface area contributed by atoms with Crippen LogP contribution in [0, 0.1) is 0 Å². The van der Waals surface area contributed by atoms with E-state index in [1.807, 2.05) is 69.4 Å². The van der Waals surface area contributed by atoms with Gasteiger partial charge in [0.15, 0.2) is 0 Å². The summed E-state index contributed by atoms with van der Waals surface area (Å²) in [7, 11) is 5.44. The summed E-state index contributed by atoms with van der Waals surface area (Å²) in [6.45, 7) is 5.02. The van der Waals surface area contributed by atoms with Gasteiger partial charge in [0.25, 0.3) is 11.7 Å². The molecule has 1 saturated heterocycles. The van der Waals surface area contributed by atoms with Crippen LogP contribution in [0.4, 0.5) is 0 Å². The number of methoxy groups -OCH3 is 1. The van der Waals surface area contributed by atoms with Crippen molar-refractivity contribution in [1.82, 2.24) is 14.8 Å². The molecule has 2 heterocycles. The maximum atomic E-state index is 13.3. The molecular weight excluding hydrogens is 430 g/mol. The highest BCUT2D eigenvalue weighted by Crippen LogP contribution is 2.42. The highest BCUT2D eigenvalue weighted by atomic mass is 16.5. The first-order valence-electron chi connectivity index (χ1n) is 11.4. The maximum absolute atomic E-state index is 13.3. The lowest BCUT2D eigenvalue weighted by Gasteiger charge is -2.26. The van der Waals surface area contributed by atoms with E-state index in [2.05, 4.69) is 4.98 Å². The summed E-state index contributed by atoms with van der Waals surface area (Å²) in [5.41, 5.74) is 3.19. The lowest BCUT2D eigenvalue weighted by Crippen LogP contribution is -2.35. The second-order valence-corrected chi connectivity index (χ2v) is 9.20. The number of likely N-dealkylation sites (N-methyl/N-ethyl adjacent to an activating group) is 1. The SMILES string of the molecule is COc1ccc(/C(O)=C2\C(=O)C(=O)N(CCN(C)C)C2c2c[nH]c3ccccc23)cc1C(C)C. The molecule has 1 aromatic heterocycles. The molecule has 2 aromatic carbocycles. The minimum Gasteiger partial charge on any atom is -0.507 e. The molecule has 0 spiro atoms. The lowest BCUT2D eigenvalue weighted by atomic mass is 9.93. The van der Waals surface area contributed by atoms with Gasteiger partial charge in [-0.15, -0.1) is 0 Å². The second-order valence-electron chi connectivity index (χ2n) is 9.20. The number of hydrogen-bond donors (Lipinski definition) is 2. The van der Waals surface area contributed by atoms with E-state index in [1.54, 1.807) is 24.1 Å². The summed E-state index contributed by atoms with van der Waals surface area (Å²) in [5.74, 6) is -0.587. The molecule has 7 nitrogen and oxygen atoms in total. The molecule has 1 atom stereocenters. The number of aromatic nitrogens is 1. The molecule has 7 heteroatoms. The number of H-pyrrole nitrogens is 1. The third-order valence-corrected chi connectivity index (χ3v) is 6.37. The first-order valence-corrected chi connectivity index (χ1v) is 11.4. The van der Waals surface area contributed by atoms with Gasteiger partial charge >= 0.3 is 0 Å². The van der Waals surface area contributed by atoms with Gasteiger partial charge in [-0.3, -0.25) is 9.59 Å². The van der Waals surface area contributed by atoms with Crippen molar-refractivity contribution in [2.45, 2.75) is 25.8 Å². The van der Waals surface area contributed by atoms with Crippen molar-refractivity contribution in [2.75, 3.05) is 34.3 Å². The van der Waals surface area contributed by atoms with E-state index >= 15 is 0 Å². The van der Waals surface area contributed by atoms with Gasteiger partial charge in [-0.1, -0.05) is 32.0 Å². The van der Waals surface area contributed by atoms with E-state index in [0.29, 0.717) is 24.4 Å². The van der Waals surface area contributed by atoms with Crippen molar-refractivity contribution in [3.63, 3.8) is 0 Å². The number of ketones is 1. The summed E-state index contributed by atoms with van der Waals surface area (Å²) >= 11 is 0. The Kier molecular flexibility index (Phi) is 6.48. The number of aromatic amines is 1. The van der Waals surface area contributed by atoms with Crippen molar-refractivity contribution in [3.8, 4) is 5.75 Å². The highest BCUT2D eigenvalue weighted by Gasteiger charge is 2.46. The Morgan fingerprint density at radius 3 is 2.59 bits per heavy atom. The minimum atomic E-state index is -0.694. The van der Waals surface area contributed by atoms with Crippen LogP contribution in [-0.2, 0) is 9.59 Å². The van der Waals surface area contributed by atoms with Crippen molar-refractivity contribution in [1.29, 1.82) is 0 Å². The van der Waals surface area contributed by atoms with Gasteiger partial charge in [0.05, 0.1) is 18.7 Å². The number of nitrogens with zero attached hydrogens (tertiary/aromatic N) is 2. The number of nitrogens with one attached hydrogen (secondary N) is 1. The van der Waals surface area contributed by atoms with E-state index in [4.69, 9.17) is 4.74 Å². The number of para-hydroxylation sites is 1. The number of carbonyl (C=O) groups is 2. The van der Waals surface area contributed by atoms with Gasteiger partial charge in [-0.05, 0) is 49.8 Å². The zero-order chi connectivity index (χ0) is 24.6. The average Bonchev–Trinajstić information content (AvgIpc) is 3.35. The first-order chi connectivity index (χ1) is 16.2. The predicted octanol–water partition coefficient (Wildman–Crippen LogP) is 4.28. The molecule has 0 aliphatic carbocycles. The number of Topliss-reactive ketones (excluding diaryl/α,β-unsaturated/α-hetero) is 1. The summed E-state index contributed by atoms with van der Waals surface area (Å²) < 4.78 is 5.47. The molecule has 0 radical (unpaired) electrons. The molecule has 1 aliphatic rings. The number of fused-ring (bicyclic) bond motifs is 1. The Bertz CT molecular complexity index is 1270. The monoisotopic (exact) mass is 461 g/mol. The number of carbonyl (C=O) groups excluding carboxylic acids is 2. The molecule has 1 aliphatic heterocycles. The number of ether oxygens (including phenoxy) is 1. The Labute approximate surface area is 199 Å². The van der Waals surface area contributed by atoms with Gasteiger partial charge in [0, 0.05) is 41.3 Å². The summed E-state index contributed by atoms with van der Waals surface area (Å²) in [4.78, 5) is 33.2. The van der Waals surface area contributed by atoms with Crippen LogP contribution in [0.2, 0.25) is 0 Å². The first kappa shape index (κ1) is 23.6. The topological polar surface area (TPSA) is 85.9 Å². The molecule has 2 N–H and O–H groups in total. The molecule has 0 saturated carbocycles. The number of rotatable bonds is 7. The molecule has 1 unspecified atom stereocenters. The van der Waals surface area contributed by atoms with Crippen molar-refractivity contribution in [2.24, 2.45) is 0 Å². The molecule has 178 valence electrons.